The Labute approximate surface area is 234 Å². The van der Waals surface area contributed by atoms with E-state index in [1.54, 1.807) is 29.8 Å². The van der Waals surface area contributed by atoms with E-state index in [2.05, 4.69) is 35.2 Å². The Hall–Kier alpha value is -4.67. The van der Waals surface area contributed by atoms with E-state index in [4.69, 9.17) is 21.8 Å². The molecule has 0 bridgehead atoms. The molecule has 196 valence electrons. The monoisotopic (exact) mass is 556 g/mol. The predicted molar refractivity (Wildman–Crippen MR) is 156 cm³/mol. The summed E-state index contributed by atoms with van der Waals surface area (Å²) in [5, 5.41) is 6.57. The third-order valence-electron chi connectivity index (χ3n) is 4.86. The van der Waals surface area contributed by atoms with Crippen LogP contribution in [0.15, 0.2) is 101 Å². The molecule has 3 N–H and O–H groups in total. The minimum absolute atomic E-state index is 0.163. The van der Waals surface area contributed by atoms with E-state index in [9.17, 15) is 0 Å². The third kappa shape index (κ3) is 8.70. The summed E-state index contributed by atoms with van der Waals surface area (Å²) in [6.07, 6.45) is 4.95. The van der Waals surface area contributed by atoms with Crippen molar-refractivity contribution in [3.8, 4) is 22.8 Å². The van der Waals surface area contributed by atoms with Crippen molar-refractivity contribution in [2.45, 2.75) is 13.8 Å². The molecule has 6 heterocycles. The van der Waals surface area contributed by atoms with Gasteiger partial charge in [0, 0.05) is 29.2 Å². The molecular weight excluding hydrogens is 532 g/mol. The summed E-state index contributed by atoms with van der Waals surface area (Å²) in [7, 11) is 0. The number of nitrogens with zero attached hydrogens (tertiary/aromatic N) is 6. The first-order valence-corrected chi connectivity index (χ1v) is 13.0. The Morgan fingerprint density at radius 1 is 0.718 bits per heavy atom. The highest BCUT2D eigenvalue weighted by Crippen LogP contribution is 2.25. The molecular formula is C28H25ClN8OS. The van der Waals surface area contributed by atoms with Crippen LogP contribution in [0.25, 0.3) is 22.8 Å². The third-order valence-corrected chi connectivity index (χ3v) is 5.83. The van der Waals surface area contributed by atoms with E-state index in [-0.39, 0.29) is 6.01 Å². The molecule has 0 unspecified atom stereocenters. The molecule has 0 atom stereocenters. The molecule has 6 aromatic heterocycles. The molecule has 6 aromatic rings. The number of oxazole rings is 1. The van der Waals surface area contributed by atoms with Gasteiger partial charge in [0.1, 0.15) is 28.6 Å². The molecule has 0 aliphatic rings. The van der Waals surface area contributed by atoms with Crippen LogP contribution in [0.5, 0.6) is 0 Å². The van der Waals surface area contributed by atoms with Crippen molar-refractivity contribution in [3.05, 3.63) is 113 Å². The van der Waals surface area contributed by atoms with Gasteiger partial charge in [-0.15, -0.1) is 11.3 Å². The van der Waals surface area contributed by atoms with Crippen LogP contribution in [0.3, 0.4) is 0 Å². The zero-order chi connectivity index (χ0) is 27.5. The lowest BCUT2D eigenvalue weighted by Crippen LogP contribution is -1.94. The van der Waals surface area contributed by atoms with Crippen LogP contribution in [0.1, 0.15) is 11.4 Å². The minimum Gasteiger partial charge on any atom is -0.432 e. The topological polar surface area (TPSA) is 129 Å². The molecule has 0 aliphatic heterocycles. The van der Waals surface area contributed by atoms with Crippen LogP contribution in [0.2, 0.25) is 5.15 Å². The standard InChI is InChI=1S/C14H12N4S.C8H7N3O.C6H6ClN/c1-10-5-4-7-13(16-10)18-14-17-12(9-19-14)11-6-2-3-8-15-11;9-8-11-7(5-12-8)6-3-1-2-4-10-6;1-5-3-2-4-6(7)8-5/h2-9H,1H3,(H,16,17,18);1-5H,(H2,9,11);2-4H,1H3. The summed E-state index contributed by atoms with van der Waals surface area (Å²) in [6.45, 7) is 3.87. The zero-order valence-corrected chi connectivity index (χ0v) is 22.8. The van der Waals surface area contributed by atoms with Crippen molar-refractivity contribution in [1.29, 1.82) is 0 Å². The molecule has 0 radical (unpaired) electrons. The van der Waals surface area contributed by atoms with E-state index in [1.807, 2.05) is 86.0 Å². The van der Waals surface area contributed by atoms with E-state index in [1.165, 1.54) is 6.26 Å². The average Bonchev–Trinajstić information content (AvgIpc) is 3.60. The molecule has 9 nitrogen and oxygen atoms in total. The summed E-state index contributed by atoms with van der Waals surface area (Å²) >= 11 is 7.08. The van der Waals surface area contributed by atoms with Crippen LogP contribution >= 0.6 is 22.9 Å². The van der Waals surface area contributed by atoms with Gasteiger partial charge in [-0.1, -0.05) is 35.9 Å². The van der Waals surface area contributed by atoms with Crippen molar-refractivity contribution in [2.75, 3.05) is 11.1 Å². The molecule has 0 saturated heterocycles. The molecule has 0 fully saturated rings. The zero-order valence-electron chi connectivity index (χ0n) is 21.2. The van der Waals surface area contributed by atoms with Crippen molar-refractivity contribution >= 4 is 39.9 Å². The first-order valence-electron chi connectivity index (χ1n) is 11.8. The second-order valence-electron chi connectivity index (χ2n) is 7.93. The first-order chi connectivity index (χ1) is 19.0. The summed E-state index contributed by atoms with van der Waals surface area (Å²) in [4.78, 5) is 25.1. The van der Waals surface area contributed by atoms with Gasteiger partial charge in [-0.05, 0) is 62.4 Å². The SMILES string of the molecule is Cc1cccc(Cl)n1.Cc1cccc(Nc2nc(-c3ccccn3)cs2)n1.Nc1nc(-c2ccccn2)co1. The highest BCUT2D eigenvalue weighted by atomic mass is 35.5. The Morgan fingerprint density at radius 3 is 1.92 bits per heavy atom. The number of thiazole rings is 1. The fourth-order valence-corrected chi connectivity index (χ4v) is 4.03. The van der Waals surface area contributed by atoms with Crippen molar-refractivity contribution in [1.82, 2.24) is 29.9 Å². The van der Waals surface area contributed by atoms with Gasteiger partial charge >= 0.3 is 0 Å². The second kappa shape index (κ2) is 13.8. The van der Waals surface area contributed by atoms with Gasteiger partial charge in [-0.2, -0.15) is 4.98 Å². The number of nitrogens with one attached hydrogen (secondary N) is 1. The number of hydrogen-bond acceptors (Lipinski definition) is 10. The lowest BCUT2D eigenvalue weighted by atomic mass is 10.3. The number of halogens is 1. The number of anilines is 3. The highest BCUT2D eigenvalue weighted by molar-refractivity contribution is 7.14. The number of nitrogen functional groups attached to an aromatic ring is 1. The summed E-state index contributed by atoms with van der Waals surface area (Å²) in [6, 6.07) is 22.9. The van der Waals surface area contributed by atoms with Crippen molar-refractivity contribution < 1.29 is 4.42 Å². The van der Waals surface area contributed by atoms with E-state index >= 15 is 0 Å². The van der Waals surface area contributed by atoms with E-state index in [0.29, 0.717) is 10.8 Å². The van der Waals surface area contributed by atoms with Crippen molar-refractivity contribution in [2.24, 2.45) is 0 Å². The maximum atomic E-state index is 5.53. The van der Waals surface area contributed by atoms with Gasteiger partial charge < -0.3 is 15.5 Å². The molecule has 39 heavy (non-hydrogen) atoms. The number of rotatable bonds is 4. The highest BCUT2D eigenvalue weighted by Gasteiger charge is 2.06. The van der Waals surface area contributed by atoms with Crippen molar-refractivity contribution in [3.63, 3.8) is 0 Å². The smallest absolute Gasteiger partial charge is 0.292 e. The predicted octanol–water partition coefficient (Wildman–Crippen LogP) is 7.01. The maximum Gasteiger partial charge on any atom is 0.292 e. The Morgan fingerprint density at radius 2 is 1.38 bits per heavy atom. The molecule has 0 aliphatic carbocycles. The normalized spacial score (nSPS) is 10.0. The van der Waals surface area contributed by atoms with E-state index in [0.717, 1.165) is 39.4 Å². The molecule has 0 amide bonds. The summed E-state index contributed by atoms with van der Waals surface area (Å²) in [5.74, 6) is 0.807. The van der Waals surface area contributed by atoms with Gasteiger partial charge in [0.15, 0.2) is 5.13 Å². The fourth-order valence-electron chi connectivity index (χ4n) is 3.11. The van der Waals surface area contributed by atoms with Gasteiger partial charge in [0.05, 0.1) is 11.4 Å². The fraction of sp³-hybridized carbons (Fsp3) is 0.0714. The molecule has 6 rings (SSSR count). The number of aromatic nitrogens is 6. The quantitative estimate of drug-likeness (QED) is 0.220. The van der Waals surface area contributed by atoms with Crippen LogP contribution in [-0.4, -0.2) is 29.9 Å². The average molecular weight is 557 g/mol. The Kier molecular flexibility index (Phi) is 9.65. The van der Waals surface area contributed by atoms with Gasteiger partial charge in [-0.3, -0.25) is 9.97 Å². The van der Waals surface area contributed by atoms with Crippen LogP contribution < -0.4 is 11.1 Å². The Balaban J connectivity index is 0.000000150. The number of aryl methyl sites for hydroxylation is 2. The van der Waals surface area contributed by atoms with E-state index < -0.39 is 0 Å². The first kappa shape index (κ1) is 27.4. The maximum absolute atomic E-state index is 5.53. The van der Waals surface area contributed by atoms with Crippen LogP contribution in [0, 0.1) is 13.8 Å². The van der Waals surface area contributed by atoms with Gasteiger partial charge in [-0.25, -0.2) is 15.0 Å². The lowest BCUT2D eigenvalue weighted by molar-refractivity contribution is 0.581. The molecule has 0 saturated carbocycles. The molecule has 0 aromatic carbocycles. The largest absolute Gasteiger partial charge is 0.432 e. The van der Waals surface area contributed by atoms with Gasteiger partial charge in [0.2, 0.25) is 0 Å². The van der Waals surface area contributed by atoms with Crippen LogP contribution in [-0.2, 0) is 0 Å². The Bertz CT molecular complexity index is 1570. The second-order valence-corrected chi connectivity index (χ2v) is 9.18. The molecule has 11 heteroatoms. The molecule has 0 spiro atoms. The van der Waals surface area contributed by atoms with Gasteiger partial charge in [0.25, 0.3) is 6.01 Å². The lowest BCUT2D eigenvalue weighted by Gasteiger charge is -2.01. The van der Waals surface area contributed by atoms with Crippen LogP contribution in [0.4, 0.5) is 17.0 Å². The summed E-state index contributed by atoms with van der Waals surface area (Å²) < 4.78 is 4.85. The number of pyridine rings is 4. The minimum atomic E-state index is 0.163. The summed E-state index contributed by atoms with van der Waals surface area (Å²) in [5.41, 5.74) is 10.4. The number of hydrogen-bond donors (Lipinski definition) is 2. The number of nitrogens with two attached hydrogens (primary N) is 1.